The topological polar surface area (TPSA) is 0 Å². The normalized spacial score (nSPS) is 17.3. The third-order valence-electron chi connectivity index (χ3n) is 5.12. The summed E-state index contributed by atoms with van der Waals surface area (Å²) in [4.78, 5) is 0. The van der Waals surface area contributed by atoms with Crippen LogP contribution in [0.4, 0.5) is 0 Å². The van der Waals surface area contributed by atoms with Gasteiger partial charge in [0.1, 0.15) is 0 Å². The molecule has 24 heavy (non-hydrogen) atoms. The standard InChI is InChI=1S/C24H28/c1-19(2)22-13-15-23(16-14-22)24(17-20-9-5-3-6-10-20)18-21-11-7-4-8-12-21/h3-15,19,23-24H,16-18H2,1-2H3. The van der Waals surface area contributed by atoms with Gasteiger partial charge in [-0.25, -0.2) is 0 Å². The fraction of sp³-hybridized carbons (Fsp3) is 0.333. The molecule has 0 saturated carbocycles. The summed E-state index contributed by atoms with van der Waals surface area (Å²) in [7, 11) is 0. The lowest BCUT2D eigenvalue weighted by molar-refractivity contribution is 0.387. The maximum Gasteiger partial charge on any atom is -0.0161 e. The quantitative estimate of drug-likeness (QED) is 0.591. The Kier molecular flexibility index (Phi) is 5.69. The zero-order chi connectivity index (χ0) is 16.8. The highest BCUT2D eigenvalue weighted by molar-refractivity contribution is 5.27. The highest BCUT2D eigenvalue weighted by atomic mass is 14.3. The van der Waals surface area contributed by atoms with Crippen LogP contribution in [0, 0.1) is 17.8 Å². The summed E-state index contributed by atoms with van der Waals surface area (Å²) in [5.41, 5.74) is 4.39. The molecule has 0 saturated heterocycles. The fourth-order valence-corrected chi connectivity index (χ4v) is 3.64. The Morgan fingerprint density at radius 1 is 0.833 bits per heavy atom. The van der Waals surface area contributed by atoms with E-state index in [0.717, 1.165) is 12.8 Å². The van der Waals surface area contributed by atoms with Gasteiger partial charge in [-0.15, -0.1) is 0 Å². The van der Waals surface area contributed by atoms with Gasteiger partial charge in [-0.05, 0) is 53.7 Å². The van der Waals surface area contributed by atoms with E-state index in [9.17, 15) is 0 Å². The Morgan fingerprint density at radius 2 is 1.38 bits per heavy atom. The first-order valence-electron chi connectivity index (χ1n) is 9.18. The summed E-state index contributed by atoms with van der Waals surface area (Å²) in [6.07, 6.45) is 10.8. The Morgan fingerprint density at radius 3 is 1.79 bits per heavy atom. The zero-order valence-electron chi connectivity index (χ0n) is 14.9. The van der Waals surface area contributed by atoms with Crippen LogP contribution in [-0.2, 0) is 12.8 Å². The SMILES string of the molecule is CC(C)C1=CCC(C(Cc2ccccc2)Cc2ccccc2)C=C1. The van der Waals surface area contributed by atoms with Crippen molar-refractivity contribution in [1.82, 2.24) is 0 Å². The molecular weight excluding hydrogens is 288 g/mol. The highest BCUT2D eigenvalue weighted by Gasteiger charge is 2.22. The van der Waals surface area contributed by atoms with E-state index in [1.807, 2.05) is 0 Å². The fourth-order valence-electron chi connectivity index (χ4n) is 3.64. The van der Waals surface area contributed by atoms with E-state index in [1.54, 1.807) is 0 Å². The minimum atomic E-state index is 0.629. The van der Waals surface area contributed by atoms with Gasteiger partial charge < -0.3 is 0 Å². The predicted octanol–water partition coefficient (Wildman–Crippen LogP) is 6.25. The molecule has 0 aliphatic heterocycles. The van der Waals surface area contributed by atoms with Crippen LogP contribution < -0.4 is 0 Å². The molecule has 1 unspecified atom stereocenters. The number of allylic oxidation sites excluding steroid dienone is 4. The van der Waals surface area contributed by atoms with Crippen molar-refractivity contribution in [3.05, 3.63) is 95.6 Å². The summed E-state index contributed by atoms with van der Waals surface area (Å²) in [6.45, 7) is 4.56. The van der Waals surface area contributed by atoms with Gasteiger partial charge in [-0.1, -0.05) is 92.7 Å². The van der Waals surface area contributed by atoms with E-state index in [2.05, 4.69) is 92.7 Å². The van der Waals surface area contributed by atoms with Crippen molar-refractivity contribution in [3.8, 4) is 0 Å². The molecule has 124 valence electrons. The van der Waals surface area contributed by atoms with Crippen molar-refractivity contribution in [2.45, 2.75) is 33.1 Å². The summed E-state index contributed by atoms with van der Waals surface area (Å²) >= 11 is 0. The first-order chi connectivity index (χ1) is 11.7. The van der Waals surface area contributed by atoms with E-state index in [4.69, 9.17) is 0 Å². The summed E-state index contributed by atoms with van der Waals surface area (Å²) in [5, 5.41) is 0. The molecule has 0 nitrogen and oxygen atoms in total. The molecule has 0 radical (unpaired) electrons. The Labute approximate surface area is 146 Å². The van der Waals surface area contributed by atoms with Crippen molar-refractivity contribution in [2.75, 3.05) is 0 Å². The van der Waals surface area contributed by atoms with Crippen LogP contribution in [0.15, 0.2) is 84.5 Å². The van der Waals surface area contributed by atoms with Crippen LogP contribution >= 0.6 is 0 Å². The maximum absolute atomic E-state index is 2.46. The first kappa shape index (κ1) is 16.8. The van der Waals surface area contributed by atoms with E-state index in [0.29, 0.717) is 17.8 Å². The molecule has 3 rings (SSSR count). The second-order valence-corrected chi connectivity index (χ2v) is 7.26. The largest absolute Gasteiger partial charge is 0.0805 e. The average molecular weight is 316 g/mol. The molecule has 0 spiro atoms. The Bertz CT molecular complexity index is 635. The number of hydrogen-bond donors (Lipinski definition) is 0. The smallest absolute Gasteiger partial charge is 0.0161 e. The molecule has 0 aromatic heterocycles. The van der Waals surface area contributed by atoms with Gasteiger partial charge in [-0.2, -0.15) is 0 Å². The van der Waals surface area contributed by atoms with Gasteiger partial charge in [0.2, 0.25) is 0 Å². The van der Waals surface area contributed by atoms with E-state index >= 15 is 0 Å². The molecule has 0 heterocycles. The molecule has 0 fully saturated rings. The van der Waals surface area contributed by atoms with Crippen molar-refractivity contribution in [2.24, 2.45) is 17.8 Å². The average Bonchev–Trinajstić information content (AvgIpc) is 2.63. The number of hydrogen-bond acceptors (Lipinski definition) is 0. The summed E-state index contributed by atoms with van der Waals surface area (Å²) in [5.74, 6) is 1.91. The van der Waals surface area contributed by atoms with Gasteiger partial charge in [0.15, 0.2) is 0 Å². The molecule has 2 aromatic carbocycles. The van der Waals surface area contributed by atoms with Crippen molar-refractivity contribution < 1.29 is 0 Å². The molecule has 0 amide bonds. The third kappa shape index (κ3) is 4.47. The van der Waals surface area contributed by atoms with E-state index in [-0.39, 0.29) is 0 Å². The van der Waals surface area contributed by atoms with Crippen molar-refractivity contribution in [3.63, 3.8) is 0 Å². The predicted molar refractivity (Wildman–Crippen MR) is 104 cm³/mol. The van der Waals surface area contributed by atoms with Gasteiger partial charge in [0, 0.05) is 0 Å². The molecule has 0 bridgehead atoms. The summed E-state index contributed by atoms with van der Waals surface area (Å²) in [6, 6.07) is 21.9. The Hall–Kier alpha value is -2.08. The molecule has 0 heteroatoms. The molecule has 2 aromatic rings. The second-order valence-electron chi connectivity index (χ2n) is 7.26. The first-order valence-corrected chi connectivity index (χ1v) is 9.18. The van der Waals surface area contributed by atoms with Crippen molar-refractivity contribution in [1.29, 1.82) is 0 Å². The minimum Gasteiger partial charge on any atom is -0.0805 e. The van der Waals surface area contributed by atoms with Gasteiger partial charge >= 0.3 is 0 Å². The van der Waals surface area contributed by atoms with Crippen LogP contribution in [0.3, 0.4) is 0 Å². The maximum atomic E-state index is 2.46. The van der Waals surface area contributed by atoms with Crippen LogP contribution in [-0.4, -0.2) is 0 Å². The van der Waals surface area contributed by atoms with Gasteiger partial charge in [0.25, 0.3) is 0 Å². The lowest BCUT2D eigenvalue weighted by Crippen LogP contribution is -2.20. The molecule has 1 atom stereocenters. The van der Waals surface area contributed by atoms with Gasteiger partial charge in [0.05, 0.1) is 0 Å². The zero-order valence-corrected chi connectivity index (χ0v) is 14.9. The van der Waals surface area contributed by atoms with E-state index in [1.165, 1.54) is 23.1 Å². The number of benzene rings is 2. The number of rotatable bonds is 6. The monoisotopic (exact) mass is 316 g/mol. The summed E-state index contributed by atoms with van der Waals surface area (Å²) < 4.78 is 0. The second kappa shape index (κ2) is 8.15. The van der Waals surface area contributed by atoms with Crippen LogP contribution in [0.5, 0.6) is 0 Å². The molecular formula is C24H28. The van der Waals surface area contributed by atoms with Crippen LogP contribution in [0.2, 0.25) is 0 Å². The molecule has 1 aliphatic carbocycles. The van der Waals surface area contributed by atoms with Crippen LogP contribution in [0.1, 0.15) is 31.4 Å². The minimum absolute atomic E-state index is 0.629. The lowest BCUT2D eigenvalue weighted by Gasteiger charge is -2.27. The van der Waals surface area contributed by atoms with E-state index < -0.39 is 0 Å². The highest BCUT2D eigenvalue weighted by Crippen LogP contribution is 2.31. The lowest BCUT2D eigenvalue weighted by atomic mass is 9.77. The third-order valence-corrected chi connectivity index (χ3v) is 5.12. The Balaban J connectivity index is 1.76. The molecule has 1 aliphatic rings. The van der Waals surface area contributed by atoms with Gasteiger partial charge in [-0.3, -0.25) is 0 Å². The van der Waals surface area contributed by atoms with Crippen molar-refractivity contribution >= 4 is 0 Å². The molecule has 0 N–H and O–H groups in total. The van der Waals surface area contributed by atoms with Crippen LogP contribution in [0.25, 0.3) is 0 Å².